The number of nitrogens with one attached hydrogen (secondary N) is 3. The summed E-state index contributed by atoms with van der Waals surface area (Å²) in [5.41, 5.74) is 2.92. The van der Waals surface area contributed by atoms with Gasteiger partial charge in [-0.3, -0.25) is 19.4 Å². The number of piperazine rings is 1. The van der Waals surface area contributed by atoms with Crippen molar-refractivity contribution in [1.29, 1.82) is 0 Å². The van der Waals surface area contributed by atoms with Crippen LogP contribution in [0.5, 0.6) is 0 Å². The minimum absolute atomic E-state index is 0.128. The van der Waals surface area contributed by atoms with Crippen molar-refractivity contribution < 1.29 is 4.79 Å². The molecule has 1 saturated heterocycles. The molecule has 4 heterocycles. The Hall–Kier alpha value is -3.28. The molecule has 2 aliphatic heterocycles. The Labute approximate surface area is 221 Å². The highest BCUT2D eigenvalue weighted by molar-refractivity contribution is 7.97. The number of amides is 1. The molecule has 0 unspecified atom stereocenters. The van der Waals surface area contributed by atoms with E-state index in [1.165, 1.54) is 0 Å². The van der Waals surface area contributed by atoms with Gasteiger partial charge in [-0.05, 0) is 63.0 Å². The third-order valence-electron chi connectivity index (χ3n) is 6.89. The summed E-state index contributed by atoms with van der Waals surface area (Å²) in [6.07, 6.45) is 6.25. The van der Waals surface area contributed by atoms with E-state index in [0.717, 1.165) is 85.0 Å². The lowest BCUT2D eigenvalue weighted by molar-refractivity contribution is -0.117. The van der Waals surface area contributed by atoms with Crippen molar-refractivity contribution in [2.75, 3.05) is 43.9 Å². The smallest absolute Gasteiger partial charge is 0.227 e. The number of aryl methyl sites for hydroxylation is 1. The van der Waals surface area contributed by atoms with Crippen molar-refractivity contribution in [3.63, 3.8) is 0 Å². The predicted octanol–water partition coefficient (Wildman–Crippen LogP) is 3.40. The number of likely N-dealkylation sites (N-methyl/N-ethyl adjacent to an activating group) is 1. The molecule has 0 radical (unpaired) electrons. The summed E-state index contributed by atoms with van der Waals surface area (Å²) in [5.74, 6) is 2.99. The number of nitrogens with zero attached hydrogens (tertiary/aromatic N) is 6. The van der Waals surface area contributed by atoms with Gasteiger partial charge in [-0.1, -0.05) is 0 Å². The van der Waals surface area contributed by atoms with Gasteiger partial charge in [0.1, 0.15) is 11.6 Å². The van der Waals surface area contributed by atoms with Crippen molar-refractivity contribution in [2.45, 2.75) is 37.8 Å². The maximum absolute atomic E-state index is 12.1. The Morgan fingerprint density at radius 3 is 2.65 bits per heavy atom. The maximum Gasteiger partial charge on any atom is 0.227 e. The minimum Gasteiger partial charge on any atom is -0.326 e. The summed E-state index contributed by atoms with van der Waals surface area (Å²) >= 11 is 1.65. The average Bonchev–Trinajstić information content (AvgIpc) is 3.54. The van der Waals surface area contributed by atoms with Crippen LogP contribution in [-0.2, 0) is 17.9 Å². The molecule has 11 heteroatoms. The van der Waals surface area contributed by atoms with Crippen molar-refractivity contribution in [2.24, 2.45) is 5.92 Å². The first-order valence-electron chi connectivity index (χ1n) is 12.8. The lowest BCUT2D eigenvalue weighted by Crippen LogP contribution is -2.43. The number of hydrogen-bond acceptors (Lipinski definition) is 8. The van der Waals surface area contributed by atoms with Gasteiger partial charge in [-0.2, -0.15) is 5.10 Å². The molecule has 3 aliphatic rings. The number of anilines is 2. The van der Waals surface area contributed by atoms with Crippen molar-refractivity contribution in [3.05, 3.63) is 59.9 Å². The van der Waals surface area contributed by atoms with Crippen LogP contribution >= 0.6 is 11.9 Å². The zero-order valence-corrected chi connectivity index (χ0v) is 22.1. The average molecular weight is 520 g/mol. The lowest BCUT2D eigenvalue weighted by Gasteiger charge is -2.31. The molecule has 10 nitrogen and oxygen atoms in total. The molecule has 1 saturated carbocycles. The number of H-pyrrole nitrogens is 1. The van der Waals surface area contributed by atoms with Crippen LogP contribution in [-0.4, -0.2) is 73.0 Å². The summed E-state index contributed by atoms with van der Waals surface area (Å²) in [7, 11) is 2.18. The molecule has 2 fully saturated rings. The second-order valence-electron chi connectivity index (χ2n) is 10.1. The summed E-state index contributed by atoms with van der Waals surface area (Å²) in [5, 5.41) is 13.8. The van der Waals surface area contributed by atoms with E-state index in [-0.39, 0.29) is 11.8 Å². The van der Waals surface area contributed by atoms with Crippen molar-refractivity contribution in [1.82, 2.24) is 33.9 Å². The number of aromatic amines is 1. The van der Waals surface area contributed by atoms with Gasteiger partial charge in [0.15, 0.2) is 5.82 Å². The molecule has 1 aromatic carbocycles. The van der Waals surface area contributed by atoms with Crippen LogP contribution in [0.2, 0.25) is 0 Å². The number of hydrogen-bond donors (Lipinski definition) is 3. The van der Waals surface area contributed by atoms with Crippen molar-refractivity contribution >= 4 is 35.2 Å². The van der Waals surface area contributed by atoms with Gasteiger partial charge < -0.3 is 19.8 Å². The number of aromatic nitrogens is 4. The van der Waals surface area contributed by atoms with Gasteiger partial charge in [0.2, 0.25) is 5.91 Å². The van der Waals surface area contributed by atoms with Gasteiger partial charge in [0, 0.05) is 67.2 Å². The summed E-state index contributed by atoms with van der Waals surface area (Å²) < 4.78 is 4.32. The van der Waals surface area contributed by atoms with E-state index in [2.05, 4.69) is 58.9 Å². The Kier molecular flexibility index (Phi) is 6.66. The Morgan fingerprint density at radius 2 is 1.95 bits per heavy atom. The molecule has 0 spiro atoms. The van der Waals surface area contributed by atoms with Crippen LogP contribution in [0.1, 0.15) is 30.1 Å². The topological polar surface area (TPSA) is 97.3 Å². The number of imidazole rings is 1. The minimum atomic E-state index is 0.128. The fourth-order valence-electron chi connectivity index (χ4n) is 4.58. The van der Waals surface area contributed by atoms with Crippen LogP contribution in [0.15, 0.2) is 47.6 Å². The van der Waals surface area contributed by atoms with Crippen LogP contribution in [0.3, 0.4) is 0 Å². The normalized spacial score (nSPS) is 18.4. The Balaban J connectivity index is 1.18. The zero-order chi connectivity index (χ0) is 25.4. The number of carbonyl (C=O) groups excluding carboxylic acids is 1. The van der Waals surface area contributed by atoms with Crippen LogP contribution in [0.4, 0.5) is 11.5 Å². The standard InChI is InChI=1S/C26H33N9OS/c1-18-13-23(31-30-18)29-25-17-34(37-22-7-5-20(6-8-22)28-26(36)19-3-4-19)16-24-27-21(15-35(24)25)14-33-11-9-32(2)10-12-33/h5-8,13,15,17,19H,3-4,9-12,14,16H2,1-2H3,(H,28,36)(H2,29,30,31). The van der Waals surface area contributed by atoms with E-state index in [1.54, 1.807) is 11.9 Å². The largest absolute Gasteiger partial charge is 0.326 e. The first-order chi connectivity index (χ1) is 18.0. The fourth-order valence-corrected chi connectivity index (χ4v) is 5.44. The highest BCUT2D eigenvalue weighted by atomic mass is 32.2. The molecule has 1 amide bonds. The van der Waals surface area contributed by atoms with E-state index in [0.29, 0.717) is 6.54 Å². The van der Waals surface area contributed by atoms with Gasteiger partial charge in [-0.25, -0.2) is 4.98 Å². The molecular weight excluding hydrogens is 486 g/mol. The number of fused-ring (bicyclic) bond motifs is 1. The van der Waals surface area contributed by atoms with E-state index in [9.17, 15) is 4.79 Å². The summed E-state index contributed by atoms with van der Waals surface area (Å²) in [6.45, 7) is 7.82. The summed E-state index contributed by atoms with van der Waals surface area (Å²) in [6, 6.07) is 10.0. The molecule has 0 bridgehead atoms. The highest BCUT2D eigenvalue weighted by Gasteiger charge is 2.29. The molecule has 1 aliphatic carbocycles. The van der Waals surface area contributed by atoms with Crippen LogP contribution < -0.4 is 10.6 Å². The maximum atomic E-state index is 12.1. The molecule has 3 N–H and O–H groups in total. The van der Waals surface area contributed by atoms with Crippen LogP contribution in [0.25, 0.3) is 5.82 Å². The Morgan fingerprint density at radius 1 is 1.16 bits per heavy atom. The molecular formula is C26H33N9OS. The first kappa shape index (κ1) is 24.1. The third-order valence-corrected chi connectivity index (χ3v) is 7.84. The number of carbonyl (C=O) groups is 1. The SMILES string of the molecule is Cc1cc(NC2=CN(Sc3ccc(NC(=O)C4CC4)cc3)Cc3nc(CN4CCN(C)CC4)cn32)n[nH]1. The van der Waals surface area contributed by atoms with Gasteiger partial charge >= 0.3 is 0 Å². The van der Waals surface area contributed by atoms with E-state index in [1.807, 2.05) is 37.3 Å². The zero-order valence-electron chi connectivity index (χ0n) is 21.3. The van der Waals surface area contributed by atoms with E-state index in [4.69, 9.17) is 4.98 Å². The Bertz CT molecular complexity index is 1290. The van der Waals surface area contributed by atoms with Gasteiger partial charge in [0.05, 0.1) is 18.4 Å². The number of benzene rings is 1. The fraction of sp³-hybridized carbons (Fsp3) is 0.423. The molecule has 37 heavy (non-hydrogen) atoms. The van der Waals surface area contributed by atoms with Crippen LogP contribution in [0, 0.1) is 12.8 Å². The van der Waals surface area contributed by atoms with Crippen molar-refractivity contribution in [3.8, 4) is 0 Å². The van der Waals surface area contributed by atoms with E-state index < -0.39 is 0 Å². The second-order valence-corrected chi connectivity index (χ2v) is 11.3. The lowest BCUT2D eigenvalue weighted by atomic mass is 10.3. The quantitative estimate of drug-likeness (QED) is 0.390. The highest BCUT2D eigenvalue weighted by Crippen LogP contribution is 2.33. The predicted molar refractivity (Wildman–Crippen MR) is 145 cm³/mol. The molecule has 0 atom stereocenters. The first-order valence-corrected chi connectivity index (χ1v) is 13.6. The van der Waals surface area contributed by atoms with E-state index >= 15 is 0 Å². The molecule has 2 aromatic heterocycles. The van der Waals surface area contributed by atoms with Gasteiger partial charge in [-0.15, -0.1) is 0 Å². The molecule has 194 valence electrons. The molecule has 6 rings (SSSR count). The molecule has 3 aromatic rings. The second kappa shape index (κ2) is 10.2. The van der Waals surface area contributed by atoms with Gasteiger partial charge in [0.25, 0.3) is 0 Å². The summed E-state index contributed by atoms with van der Waals surface area (Å²) in [4.78, 5) is 23.0. The monoisotopic (exact) mass is 519 g/mol. The third kappa shape index (κ3) is 5.84. The number of rotatable bonds is 8.